The van der Waals surface area contributed by atoms with E-state index in [0.717, 1.165) is 30.0 Å². The third-order valence-electron chi connectivity index (χ3n) is 7.17. The van der Waals surface area contributed by atoms with E-state index in [1.54, 1.807) is 0 Å². The predicted molar refractivity (Wildman–Crippen MR) is 120 cm³/mol. The van der Waals surface area contributed by atoms with Gasteiger partial charge in [0.05, 0.1) is 6.04 Å². The third kappa shape index (κ3) is 2.96. The molecule has 156 valence electrons. The summed E-state index contributed by atoms with van der Waals surface area (Å²) in [6, 6.07) is 16.0. The van der Waals surface area contributed by atoms with Crippen LogP contribution < -0.4 is 9.80 Å². The average Bonchev–Trinajstić information content (AvgIpc) is 2.72. The Balaban J connectivity index is 1.62. The van der Waals surface area contributed by atoms with E-state index in [1.807, 2.05) is 50.2 Å². The number of benzene rings is 2. The van der Waals surface area contributed by atoms with Gasteiger partial charge >= 0.3 is 0 Å². The van der Waals surface area contributed by atoms with Gasteiger partial charge in [-0.25, -0.2) is 0 Å². The number of para-hydroxylation sites is 1. The van der Waals surface area contributed by atoms with Crippen molar-refractivity contribution < 1.29 is 9.59 Å². The van der Waals surface area contributed by atoms with Gasteiger partial charge in [-0.05, 0) is 41.7 Å². The number of nitrogens with zero attached hydrogens (tertiary/aromatic N) is 2. The van der Waals surface area contributed by atoms with Crippen LogP contribution in [0, 0.1) is 10.8 Å². The molecular formula is C25H27ClN2O2. The topological polar surface area (TPSA) is 40.6 Å². The van der Waals surface area contributed by atoms with Gasteiger partial charge in [-0.15, -0.1) is 0 Å². The van der Waals surface area contributed by atoms with Crippen molar-refractivity contribution in [1.82, 2.24) is 0 Å². The number of halogens is 1. The molecule has 0 unspecified atom stereocenters. The molecule has 2 heterocycles. The highest BCUT2D eigenvalue weighted by molar-refractivity contribution is 6.31. The van der Waals surface area contributed by atoms with Crippen LogP contribution in [0.4, 0.5) is 11.4 Å². The summed E-state index contributed by atoms with van der Waals surface area (Å²) in [5, 5.41) is 0.691. The van der Waals surface area contributed by atoms with Crippen LogP contribution in [-0.4, -0.2) is 37.2 Å². The quantitative estimate of drug-likeness (QED) is 0.633. The van der Waals surface area contributed by atoms with E-state index in [4.69, 9.17) is 11.6 Å². The summed E-state index contributed by atoms with van der Waals surface area (Å²) in [5.74, 6) is 0.212. The lowest BCUT2D eigenvalue weighted by Crippen LogP contribution is -2.69. The first-order chi connectivity index (χ1) is 14.3. The van der Waals surface area contributed by atoms with Crippen molar-refractivity contribution in [2.45, 2.75) is 39.2 Å². The number of rotatable bonds is 1. The summed E-state index contributed by atoms with van der Waals surface area (Å²) in [7, 11) is 0. The Labute approximate surface area is 182 Å². The molecule has 1 saturated carbocycles. The van der Waals surface area contributed by atoms with E-state index < -0.39 is 5.41 Å². The van der Waals surface area contributed by atoms with E-state index >= 15 is 0 Å². The fraction of sp³-hybridized carbons (Fsp3) is 0.440. The van der Waals surface area contributed by atoms with Crippen LogP contribution in [-0.2, 0) is 16.0 Å². The third-order valence-corrected chi connectivity index (χ3v) is 7.41. The van der Waals surface area contributed by atoms with E-state index in [1.165, 1.54) is 0 Å². The van der Waals surface area contributed by atoms with Crippen LogP contribution in [0.15, 0.2) is 48.5 Å². The zero-order valence-corrected chi connectivity index (χ0v) is 18.3. The van der Waals surface area contributed by atoms with Gasteiger partial charge in [-0.1, -0.05) is 49.7 Å². The molecule has 0 amide bonds. The van der Waals surface area contributed by atoms with Crippen LogP contribution in [0.2, 0.25) is 5.02 Å². The molecule has 1 atom stereocenters. The zero-order chi connectivity index (χ0) is 21.1. The second-order valence-electron chi connectivity index (χ2n) is 9.78. The van der Waals surface area contributed by atoms with Crippen LogP contribution >= 0.6 is 11.6 Å². The van der Waals surface area contributed by atoms with Gasteiger partial charge in [0.15, 0.2) is 0 Å². The molecule has 2 aliphatic heterocycles. The number of carbonyl (C=O) groups excluding carboxylic acids is 2. The van der Waals surface area contributed by atoms with Crippen molar-refractivity contribution in [2.24, 2.45) is 10.8 Å². The Kier molecular flexibility index (Phi) is 4.48. The van der Waals surface area contributed by atoms with Crippen molar-refractivity contribution in [1.29, 1.82) is 0 Å². The van der Waals surface area contributed by atoms with Crippen LogP contribution in [0.1, 0.15) is 32.3 Å². The highest BCUT2D eigenvalue weighted by atomic mass is 35.5. The fourth-order valence-electron chi connectivity index (χ4n) is 5.71. The second kappa shape index (κ2) is 6.84. The van der Waals surface area contributed by atoms with Crippen LogP contribution in [0.3, 0.4) is 0 Å². The summed E-state index contributed by atoms with van der Waals surface area (Å²) in [6.45, 7) is 6.32. The number of hydrogen-bond donors (Lipinski definition) is 0. The van der Waals surface area contributed by atoms with Gasteiger partial charge < -0.3 is 9.80 Å². The highest BCUT2D eigenvalue weighted by Gasteiger charge is 2.60. The molecule has 2 fully saturated rings. The maximum absolute atomic E-state index is 13.7. The molecule has 30 heavy (non-hydrogen) atoms. The Morgan fingerprint density at radius 2 is 1.63 bits per heavy atom. The Bertz CT molecular complexity index is 997. The number of hydrogen-bond acceptors (Lipinski definition) is 4. The molecule has 1 aliphatic carbocycles. The molecule has 0 N–H and O–H groups in total. The van der Waals surface area contributed by atoms with Gasteiger partial charge in [0, 0.05) is 48.9 Å². The number of carbonyl (C=O) groups is 2. The number of Topliss-reactive ketones (excluding diaryl/α,β-unsaturated/α-hetero) is 2. The first kappa shape index (κ1) is 19.6. The lowest BCUT2D eigenvalue weighted by atomic mass is 9.56. The molecule has 0 radical (unpaired) electrons. The average molecular weight is 423 g/mol. The van der Waals surface area contributed by atoms with Gasteiger partial charge in [0.2, 0.25) is 0 Å². The lowest BCUT2D eigenvalue weighted by Gasteiger charge is -2.56. The molecule has 5 rings (SSSR count). The molecule has 0 aromatic heterocycles. The van der Waals surface area contributed by atoms with E-state index in [2.05, 4.69) is 21.9 Å². The van der Waals surface area contributed by atoms with E-state index in [9.17, 15) is 9.59 Å². The summed E-state index contributed by atoms with van der Waals surface area (Å²) in [6.07, 6.45) is 1.39. The lowest BCUT2D eigenvalue weighted by molar-refractivity contribution is -0.150. The largest absolute Gasteiger partial charge is 0.368 e. The van der Waals surface area contributed by atoms with Crippen LogP contribution in [0.5, 0.6) is 0 Å². The fourth-order valence-corrected chi connectivity index (χ4v) is 5.88. The maximum Gasteiger partial charge on any atom is 0.149 e. The monoisotopic (exact) mass is 422 g/mol. The zero-order valence-electron chi connectivity index (χ0n) is 17.5. The van der Waals surface area contributed by atoms with Crippen molar-refractivity contribution in [3.8, 4) is 0 Å². The Morgan fingerprint density at radius 3 is 2.33 bits per heavy atom. The molecule has 4 nitrogen and oxygen atoms in total. The summed E-state index contributed by atoms with van der Waals surface area (Å²) < 4.78 is 0. The number of fused-ring (bicyclic) bond motifs is 4. The Morgan fingerprint density at radius 1 is 0.933 bits per heavy atom. The van der Waals surface area contributed by atoms with Gasteiger partial charge in [-0.2, -0.15) is 0 Å². The van der Waals surface area contributed by atoms with Gasteiger partial charge in [0.1, 0.15) is 17.0 Å². The summed E-state index contributed by atoms with van der Waals surface area (Å²) >= 11 is 6.33. The maximum atomic E-state index is 13.7. The highest BCUT2D eigenvalue weighted by Crippen LogP contribution is 2.51. The SMILES string of the molecule is CC1(C)CC(=O)C2(Cc3ccc(Cl)cc3N3CCN(c4ccccc4)C[C@@H]32)C(=O)C1. The molecule has 3 aliphatic rings. The first-order valence-electron chi connectivity index (χ1n) is 10.7. The number of piperazine rings is 1. The minimum absolute atomic E-state index is 0.106. The number of ketones is 2. The summed E-state index contributed by atoms with van der Waals surface area (Å²) in [5.41, 5.74) is 2.05. The van der Waals surface area contributed by atoms with Gasteiger partial charge in [-0.3, -0.25) is 9.59 Å². The second-order valence-corrected chi connectivity index (χ2v) is 10.2. The van der Waals surface area contributed by atoms with Crippen LogP contribution in [0.25, 0.3) is 0 Å². The van der Waals surface area contributed by atoms with Crippen molar-refractivity contribution in [2.75, 3.05) is 29.4 Å². The minimum Gasteiger partial charge on any atom is -0.368 e. The number of anilines is 2. The molecule has 2 aromatic rings. The Hall–Kier alpha value is -2.33. The van der Waals surface area contributed by atoms with Crippen molar-refractivity contribution in [3.63, 3.8) is 0 Å². The standard InChI is InChI=1S/C25H27ClN2O2/c1-24(2)14-22(29)25(23(30)15-24)13-17-8-9-18(26)12-20(17)28-11-10-27(16-21(25)28)19-6-4-3-5-7-19/h3-9,12,21H,10-11,13-16H2,1-2H3/t21-/m1/s1. The minimum atomic E-state index is -0.968. The molecule has 1 spiro atoms. The molecule has 1 saturated heterocycles. The first-order valence-corrected chi connectivity index (χ1v) is 11.1. The molecular weight excluding hydrogens is 396 g/mol. The normalized spacial score (nSPS) is 24.6. The van der Waals surface area contributed by atoms with Gasteiger partial charge in [0.25, 0.3) is 0 Å². The van der Waals surface area contributed by atoms with Crippen molar-refractivity contribution in [3.05, 3.63) is 59.1 Å². The smallest absolute Gasteiger partial charge is 0.149 e. The molecule has 5 heteroatoms. The molecule has 2 aromatic carbocycles. The predicted octanol–water partition coefficient (Wildman–Crippen LogP) is 4.54. The van der Waals surface area contributed by atoms with Crippen molar-refractivity contribution >= 4 is 34.5 Å². The molecule has 0 bridgehead atoms. The van der Waals surface area contributed by atoms with E-state index in [0.29, 0.717) is 30.8 Å². The van der Waals surface area contributed by atoms with E-state index in [-0.39, 0.29) is 23.0 Å². The summed E-state index contributed by atoms with van der Waals surface area (Å²) in [4.78, 5) is 32.0.